The van der Waals surface area contributed by atoms with Crippen molar-refractivity contribution in [3.05, 3.63) is 24.4 Å². The Morgan fingerprint density at radius 1 is 1.15 bits per heavy atom. The molecule has 1 aromatic carbocycles. The van der Waals surface area contributed by atoms with Gasteiger partial charge in [-0.2, -0.15) is 0 Å². The maximum atomic E-state index is 13.1. The van der Waals surface area contributed by atoms with Crippen molar-refractivity contribution in [1.29, 1.82) is 0 Å². The lowest BCUT2D eigenvalue weighted by Crippen LogP contribution is -2.36. The first kappa shape index (κ1) is 17.7. The van der Waals surface area contributed by atoms with Gasteiger partial charge in [0, 0.05) is 31.6 Å². The molecule has 3 heterocycles. The highest BCUT2D eigenvalue weighted by molar-refractivity contribution is 7.92. The van der Waals surface area contributed by atoms with E-state index in [0.29, 0.717) is 36.3 Å². The molecule has 0 aliphatic carbocycles. The summed E-state index contributed by atoms with van der Waals surface area (Å²) in [5.74, 6) is 0. The normalized spacial score (nSPS) is 21.2. The molecular weight excluding hydrogens is 374 g/mol. The molecule has 0 bridgehead atoms. The Morgan fingerprint density at radius 2 is 1.96 bits per heavy atom. The van der Waals surface area contributed by atoms with Crippen LogP contribution in [0.15, 0.2) is 29.3 Å². The molecule has 0 saturated carbocycles. The lowest BCUT2D eigenvalue weighted by atomic mass is 10.1. The third kappa shape index (κ3) is 3.44. The molecule has 140 valence electrons. The SMILES string of the molecule is Nc1ncc(-c2cc(N3CCOCC3)cc(S(=O)(=O)C3CCOC3)c2)s1. The van der Waals surface area contributed by atoms with Crippen LogP contribution in [0.3, 0.4) is 0 Å². The minimum absolute atomic E-state index is 0.257. The number of morpholine rings is 1. The molecule has 2 saturated heterocycles. The average molecular weight is 396 g/mol. The van der Waals surface area contributed by atoms with Crippen LogP contribution >= 0.6 is 11.3 Å². The summed E-state index contributed by atoms with van der Waals surface area (Å²) < 4.78 is 36.9. The molecule has 2 aliphatic rings. The number of nitrogen functional groups attached to an aromatic ring is 1. The second-order valence-electron chi connectivity index (χ2n) is 6.41. The smallest absolute Gasteiger partial charge is 0.183 e. The van der Waals surface area contributed by atoms with Gasteiger partial charge >= 0.3 is 0 Å². The minimum Gasteiger partial charge on any atom is -0.380 e. The topological polar surface area (TPSA) is 94.7 Å². The van der Waals surface area contributed by atoms with Crippen molar-refractivity contribution in [2.45, 2.75) is 16.6 Å². The summed E-state index contributed by atoms with van der Waals surface area (Å²) in [7, 11) is -3.45. The second kappa shape index (κ2) is 7.15. The van der Waals surface area contributed by atoms with Gasteiger partial charge in [-0.15, -0.1) is 0 Å². The van der Waals surface area contributed by atoms with E-state index in [1.807, 2.05) is 6.07 Å². The van der Waals surface area contributed by atoms with Crippen LogP contribution in [0.4, 0.5) is 10.8 Å². The summed E-state index contributed by atoms with van der Waals surface area (Å²) in [6.45, 7) is 3.49. The third-order valence-electron chi connectivity index (χ3n) is 4.73. The zero-order valence-corrected chi connectivity index (χ0v) is 15.9. The highest BCUT2D eigenvalue weighted by atomic mass is 32.2. The molecule has 1 aromatic heterocycles. The Hall–Kier alpha value is -1.68. The summed E-state index contributed by atoms with van der Waals surface area (Å²) in [5.41, 5.74) is 7.47. The zero-order chi connectivity index (χ0) is 18.1. The molecule has 7 nitrogen and oxygen atoms in total. The van der Waals surface area contributed by atoms with Crippen LogP contribution in [-0.2, 0) is 19.3 Å². The number of benzene rings is 1. The molecule has 1 unspecified atom stereocenters. The molecule has 2 aliphatic heterocycles. The summed E-state index contributed by atoms with van der Waals surface area (Å²) in [6.07, 6.45) is 2.22. The monoisotopic (exact) mass is 395 g/mol. The van der Waals surface area contributed by atoms with Gasteiger partial charge in [-0.3, -0.25) is 0 Å². The Balaban J connectivity index is 1.79. The Morgan fingerprint density at radius 3 is 2.62 bits per heavy atom. The Bertz CT molecular complexity index is 885. The first-order valence-electron chi connectivity index (χ1n) is 8.55. The van der Waals surface area contributed by atoms with Crippen molar-refractivity contribution in [2.75, 3.05) is 50.2 Å². The van der Waals surface area contributed by atoms with Crippen LogP contribution in [0.5, 0.6) is 0 Å². The van der Waals surface area contributed by atoms with E-state index in [0.717, 1.165) is 29.2 Å². The van der Waals surface area contributed by atoms with Gasteiger partial charge in [-0.25, -0.2) is 13.4 Å². The highest BCUT2D eigenvalue weighted by Crippen LogP contribution is 2.35. The molecule has 0 amide bonds. The summed E-state index contributed by atoms with van der Waals surface area (Å²) in [5, 5.41) is -0.0211. The molecule has 0 spiro atoms. The fourth-order valence-corrected chi connectivity index (χ4v) is 5.58. The molecule has 2 aromatic rings. The number of hydrogen-bond acceptors (Lipinski definition) is 8. The van der Waals surface area contributed by atoms with Gasteiger partial charge in [0.25, 0.3) is 0 Å². The number of ether oxygens (including phenoxy) is 2. The zero-order valence-electron chi connectivity index (χ0n) is 14.3. The summed E-state index contributed by atoms with van der Waals surface area (Å²) in [6, 6.07) is 5.50. The van der Waals surface area contributed by atoms with E-state index in [1.165, 1.54) is 11.3 Å². The quantitative estimate of drug-likeness (QED) is 0.843. The van der Waals surface area contributed by atoms with Gasteiger partial charge in [0.2, 0.25) is 0 Å². The number of rotatable bonds is 4. The van der Waals surface area contributed by atoms with Gasteiger partial charge < -0.3 is 20.1 Å². The number of nitrogens with two attached hydrogens (primary N) is 1. The van der Waals surface area contributed by atoms with Crippen molar-refractivity contribution in [2.24, 2.45) is 0 Å². The molecule has 26 heavy (non-hydrogen) atoms. The van der Waals surface area contributed by atoms with Crippen LogP contribution in [-0.4, -0.2) is 58.2 Å². The van der Waals surface area contributed by atoms with Gasteiger partial charge in [0.05, 0.1) is 34.8 Å². The number of sulfone groups is 1. The summed E-state index contributed by atoms with van der Waals surface area (Å²) in [4.78, 5) is 7.44. The minimum atomic E-state index is -3.45. The van der Waals surface area contributed by atoms with Crippen molar-refractivity contribution in [3.8, 4) is 10.4 Å². The second-order valence-corrected chi connectivity index (χ2v) is 9.70. The average Bonchev–Trinajstić information content (AvgIpc) is 3.34. The lowest BCUT2D eigenvalue weighted by molar-refractivity contribution is 0.122. The molecule has 2 N–H and O–H groups in total. The predicted molar refractivity (Wildman–Crippen MR) is 101 cm³/mol. The van der Waals surface area contributed by atoms with E-state index >= 15 is 0 Å². The Labute approximate surface area is 156 Å². The highest BCUT2D eigenvalue weighted by Gasteiger charge is 2.32. The molecule has 4 rings (SSSR count). The molecule has 0 radical (unpaired) electrons. The molecular formula is C17H21N3O4S2. The van der Waals surface area contributed by atoms with Crippen molar-refractivity contribution >= 4 is 32.0 Å². The third-order valence-corrected chi connectivity index (χ3v) is 7.75. The Kier molecular flexibility index (Phi) is 4.87. The molecule has 1 atom stereocenters. The van der Waals surface area contributed by atoms with Gasteiger partial charge in [-0.1, -0.05) is 11.3 Å². The number of anilines is 2. The van der Waals surface area contributed by atoms with Crippen LogP contribution in [0.1, 0.15) is 6.42 Å². The number of nitrogens with zero attached hydrogens (tertiary/aromatic N) is 2. The van der Waals surface area contributed by atoms with E-state index in [1.54, 1.807) is 18.3 Å². The van der Waals surface area contributed by atoms with E-state index in [4.69, 9.17) is 15.2 Å². The van der Waals surface area contributed by atoms with Crippen LogP contribution in [0.25, 0.3) is 10.4 Å². The van der Waals surface area contributed by atoms with Crippen molar-refractivity contribution < 1.29 is 17.9 Å². The van der Waals surface area contributed by atoms with E-state index < -0.39 is 15.1 Å². The maximum absolute atomic E-state index is 13.1. The number of aromatic nitrogens is 1. The lowest BCUT2D eigenvalue weighted by Gasteiger charge is -2.29. The molecule has 2 fully saturated rings. The van der Waals surface area contributed by atoms with Gasteiger partial charge in [0.15, 0.2) is 15.0 Å². The largest absolute Gasteiger partial charge is 0.380 e. The van der Waals surface area contributed by atoms with Crippen LogP contribution in [0.2, 0.25) is 0 Å². The predicted octanol–water partition coefficient (Wildman–Crippen LogP) is 1.79. The van der Waals surface area contributed by atoms with Crippen molar-refractivity contribution in [3.63, 3.8) is 0 Å². The van der Waals surface area contributed by atoms with Gasteiger partial charge in [-0.05, 0) is 30.2 Å². The van der Waals surface area contributed by atoms with Crippen molar-refractivity contribution in [1.82, 2.24) is 4.98 Å². The van der Waals surface area contributed by atoms with E-state index in [2.05, 4.69) is 9.88 Å². The first-order chi connectivity index (χ1) is 12.5. The van der Waals surface area contributed by atoms with Gasteiger partial charge in [0.1, 0.15) is 0 Å². The van der Waals surface area contributed by atoms with E-state index in [-0.39, 0.29) is 6.61 Å². The number of hydrogen-bond donors (Lipinski definition) is 1. The number of thiazole rings is 1. The van der Waals surface area contributed by atoms with E-state index in [9.17, 15) is 8.42 Å². The fraction of sp³-hybridized carbons (Fsp3) is 0.471. The van der Waals surface area contributed by atoms with Crippen LogP contribution in [0, 0.1) is 0 Å². The fourth-order valence-electron chi connectivity index (χ4n) is 3.27. The first-order valence-corrected chi connectivity index (χ1v) is 10.9. The van der Waals surface area contributed by atoms with Crippen LogP contribution < -0.4 is 10.6 Å². The summed E-state index contributed by atoms with van der Waals surface area (Å²) >= 11 is 1.35. The standard InChI is InChI=1S/C17H21N3O4S2/c18-17-19-10-16(25-17)12-7-13(20-2-5-23-6-3-20)9-15(8-12)26(21,22)14-1-4-24-11-14/h7-10,14H,1-6,11H2,(H2,18,19). The maximum Gasteiger partial charge on any atom is 0.183 e. The molecule has 9 heteroatoms.